The van der Waals surface area contributed by atoms with Gasteiger partial charge in [0.2, 0.25) is 0 Å². The maximum absolute atomic E-state index is 12.8. The van der Waals surface area contributed by atoms with E-state index in [0.29, 0.717) is 5.56 Å². The molecule has 0 bridgehead atoms. The molecular weight excluding hydrogens is 279 g/mol. The second-order valence-corrected chi connectivity index (χ2v) is 4.77. The summed E-state index contributed by atoms with van der Waals surface area (Å²) in [6, 6.07) is 19.1. The van der Waals surface area contributed by atoms with Crippen molar-refractivity contribution in [3.63, 3.8) is 0 Å². The summed E-state index contributed by atoms with van der Waals surface area (Å²) in [5, 5.41) is 6.14. The maximum atomic E-state index is 12.8. The van der Waals surface area contributed by atoms with Crippen molar-refractivity contribution >= 4 is 22.9 Å². The largest absolute Gasteiger partial charge is 0.271 e. The van der Waals surface area contributed by atoms with E-state index >= 15 is 0 Å². The Kier molecular flexibility index (Phi) is 3.92. The molecule has 0 aliphatic rings. The lowest BCUT2D eigenvalue weighted by Gasteiger charge is -2.02. The molecule has 0 unspecified atom stereocenters. The van der Waals surface area contributed by atoms with Crippen molar-refractivity contribution in [2.24, 2.45) is 5.10 Å². The second kappa shape index (κ2) is 6.18. The number of nitrogens with zero attached hydrogens (tertiary/aromatic N) is 1. The number of benzene rings is 3. The monoisotopic (exact) mass is 292 g/mol. The van der Waals surface area contributed by atoms with Crippen molar-refractivity contribution < 1.29 is 9.18 Å². The SMILES string of the molecule is O=C(N/N=C/c1cccc2ccccc12)c1ccc(F)cc1. The average Bonchev–Trinajstić information content (AvgIpc) is 2.55. The summed E-state index contributed by atoms with van der Waals surface area (Å²) in [6.45, 7) is 0. The van der Waals surface area contributed by atoms with E-state index < -0.39 is 0 Å². The minimum Gasteiger partial charge on any atom is -0.267 e. The Morgan fingerprint density at radius 2 is 1.68 bits per heavy atom. The van der Waals surface area contributed by atoms with Crippen molar-refractivity contribution in [1.82, 2.24) is 5.43 Å². The summed E-state index contributed by atoms with van der Waals surface area (Å²) in [7, 11) is 0. The summed E-state index contributed by atoms with van der Waals surface area (Å²) in [4.78, 5) is 11.9. The summed E-state index contributed by atoms with van der Waals surface area (Å²) in [5.41, 5.74) is 3.71. The Morgan fingerprint density at radius 1 is 0.955 bits per heavy atom. The average molecular weight is 292 g/mol. The van der Waals surface area contributed by atoms with Crippen LogP contribution in [0.2, 0.25) is 0 Å². The molecule has 0 atom stereocenters. The molecule has 4 heteroatoms. The van der Waals surface area contributed by atoms with E-state index in [0.717, 1.165) is 16.3 Å². The Morgan fingerprint density at radius 3 is 2.50 bits per heavy atom. The third-order valence-corrected chi connectivity index (χ3v) is 3.30. The van der Waals surface area contributed by atoms with Gasteiger partial charge in [0.05, 0.1) is 6.21 Å². The van der Waals surface area contributed by atoms with Crippen molar-refractivity contribution in [1.29, 1.82) is 0 Å². The first-order valence-electron chi connectivity index (χ1n) is 6.81. The summed E-state index contributed by atoms with van der Waals surface area (Å²) in [6.07, 6.45) is 1.60. The summed E-state index contributed by atoms with van der Waals surface area (Å²) in [5.74, 6) is -0.757. The highest BCUT2D eigenvalue weighted by Crippen LogP contribution is 2.16. The molecule has 0 saturated heterocycles. The van der Waals surface area contributed by atoms with Gasteiger partial charge in [-0.1, -0.05) is 42.5 Å². The van der Waals surface area contributed by atoms with Gasteiger partial charge >= 0.3 is 0 Å². The molecular formula is C18H13FN2O. The van der Waals surface area contributed by atoms with Crippen LogP contribution in [0.1, 0.15) is 15.9 Å². The van der Waals surface area contributed by atoms with Gasteiger partial charge in [0.25, 0.3) is 5.91 Å². The standard InChI is InChI=1S/C18H13FN2O/c19-16-10-8-14(9-11-16)18(22)21-20-12-15-6-3-5-13-4-1-2-7-17(13)15/h1-12H,(H,21,22)/b20-12+. The molecule has 0 aliphatic heterocycles. The van der Waals surface area contributed by atoms with Crippen LogP contribution in [0.25, 0.3) is 10.8 Å². The number of rotatable bonds is 3. The molecule has 3 nitrogen and oxygen atoms in total. The number of hydrogen-bond acceptors (Lipinski definition) is 2. The first-order valence-corrected chi connectivity index (χ1v) is 6.81. The predicted molar refractivity (Wildman–Crippen MR) is 85.4 cm³/mol. The lowest BCUT2D eigenvalue weighted by molar-refractivity contribution is 0.0955. The maximum Gasteiger partial charge on any atom is 0.271 e. The lowest BCUT2D eigenvalue weighted by atomic mass is 10.1. The van der Waals surface area contributed by atoms with E-state index in [2.05, 4.69) is 10.5 Å². The van der Waals surface area contributed by atoms with E-state index in [1.165, 1.54) is 24.3 Å². The van der Waals surface area contributed by atoms with Crippen LogP contribution in [0.15, 0.2) is 71.8 Å². The number of amides is 1. The zero-order valence-corrected chi connectivity index (χ0v) is 11.7. The highest BCUT2D eigenvalue weighted by Gasteiger charge is 2.03. The fourth-order valence-corrected chi connectivity index (χ4v) is 2.19. The van der Waals surface area contributed by atoms with E-state index in [1.807, 2.05) is 42.5 Å². The van der Waals surface area contributed by atoms with Crippen LogP contribution in [-0.2, 0) is 0 Å². The van der Waals surface area contributed by atoms with Gasteiger partial charge in [-0.15, -0.1) is 0 Å². The molecule has 3 aromatic rings. The summed E-state index contributed by atoms with van der Waals surface area (Å²) >= 11 is 0. The van der Waals surface area contributed by atoms with Crippen molar-refractivity contribution in [3.8, 4) is 0 Å². The summed E-state index contributed by atoms with van der Waals surface area (Å²) < 4.78 is 12.8. The van der Waals surface area contributed by atoms with Gasteiger partial charge in [0.15, 0.2) is 0 Å². The van der Waals surface area contributed by atoms with Crippen LogP contribution in [-0.4, -0.2) is 12.1 Å². The van der Waals surface area contributed by atoms with E-state index in [9.17, 15) is 9.18 Å². The van der Waals surface area contributed by atoms with E-state index in [4.69, 9.17) is 0 Å². The number of hydrogen-bond donors (Lipinski definition) is 1. The molecule has 3 rings (SSSR count). The number of carbonyl (C=O) groups excluding carboxylic acids is 1. The van der Waals surface area contributed by atoms with Crippen LogP contribution in [0.4, 0.5) is 4.39 Å². The van der Waals surface area contributed by atoms with E-state index in [1.54, 1.807) is 6.21 Å². The van der Waals surface area contributed by atoms with Gasteiger partial charge in [-0.05, 0) is 35.0 Å². The molecule has 0 radical (unpaired) electrons. The Labute approximate surface area is 127 Å². The molecule has 3 aromatic carbocycles. The Hall–Kier alpha value is -3.01. The van der Waals surface area contributed by atoms with Gasteiger partial charge in [-0.2, -0.15) is 5.10 Å². The zero-order valence-electron chi connectivity index (χ0n) is 11.7. The predicted octanol–water partition coefficient (Wildman–Crippen LogP) is 3.74. The molecule has 0 saturated carbocycles. The normalized spacial score (nSPS) is 11.0. The molecule has 1 amide bonds. The van der Waals surface area contributed by atoms with Gasteiger partial charge in [-0.3, -0.25) is 4.79 Å². The first kappa shape index (κ1) is 13.9. The highest BCUT2D eigenvalue weighted by atomic mass is 19.1. The fourth-order valence-electron chi connectivity index (χ4n) is 2.19. The second-order valence-electron chi connectivity index (χ2n) is 4.77. The molecule has 1 N–H and O–H groups in total. The van der Waals surface area contributed by atoms with Crippen molar-refractivity contribution in [2.45, 2.75) is 0 Å². The molecule has 108 valence electrons. The number of nitrogens with one attached hydrogen (secondary N) is 1. The van der Waals surface area contributed by atoms with Crippen molar-refractivity contribution in [2.75, 3.05) is 0 Å². The topological polar surface area (TPSA) is 41.5 Å². The van der Waals surface area contributed by atoms with Crippen molar-refractivity contribution in [3.05, 3.63) is 83.7 Å². The van der Waals surface area contributed by atoms with Crippen LogP contribution < -0.4 is 5.43 Å². The minimum absolute atomic E-state index is 0.358. The van der Waals surface area contributed by atoms with Crippen LogP contribution in [0.3, 0.4) is 0 Å². The number of hydrazone groups is 1. The molecule has 0 aromatic heterocycles. The van der Waals surface area contributed by atoms with Gasteiger partial charge < -0.3 is 0 Å². The number of fused-ring (bicyclic) bond motifs is 1. The fraction of sp³-hybridized carbons (Fsp3) is 0. The third kappa shape index (κ3) is 3.01. The molecule has 0 heterocycles. The van der Waals surface area contributed by atoms with Crippen LogP contribution >= 0.6 is 0 Å². The minimum atomic E-state index is -0.379. The molecule has 0 aliphatic carbocycles. The van der Waals surface area contributed by atoms with Crippen LogP contribution in [0, 0.1) is 5.82 Å². The number of halogens is 1. The quantitative estimate of drug-likeness (QED) is 0.580. The highest BCUT2D eigenvalue weighted by molar-refractivity contribution is 6.00. The van der Waals surface area contributed by atoms with Gasteiger partial charge in [-0.25, -0.2) is 9.82 Å². The number of carbonyl (C=O) groups is 1. The zero-order chi connectivity index (χ0) is 15.4. The first-order chi connectivity index (χ1) is 10.7. The molecule has 0 fully saturated rings. The molecule has 22 heavy (non-hydrogen) atoms. The third-order valence-electron chi connectivity index (χ3n) is 3.30. The Bertz CT molecular complexity index is 836. The Balaban J connectivity index is 1.76. The van der Waals surface area contributed by atoms with Crippen LogP contribution in [0.5, 0.6) is 0 Å². The molecule has 0 spiro atoms. The smallest absolute Gasteiger partial charge is 0.267 e. The van der Waals surface area contributed by atoms with E-state index in [-0.39, 0.29) is 11.7 Å². The van der Waals surface area contributed by atoms with Gasteiger partial charge in [0, 0.05) is 11.1 Å². The lowest BCUT2D eigenvalue weighted by Crippen LogP contribution is -2.17. The van der Waals surface area contributed by atoms with Gasteiger partial charge in [0.1, 0.15) is 5.82 Å².